The molecule has 0 aliphatic carbocycles. The number of rotatable bonds is 3. The SMILES string of the molecule is CCc1cnn(C)c1-c1cccc(OC(C)=O)c1Cl. The summed E-state index contributed by atoms with van der Waals surface area (Å²) in [6, 6.07) is 5.38. The molecule has 2 rings (SSSR count). The lowest BCUT2D eigenvalue weighted by atomic mass is 10.1. The van der Waals surface area contributed by atoms with Crippen molar-refractivity contribution in [3.8, 4) is 17.0 Å². The second-order valence-electron chi connectivity index (χ2n) is 4.21. The number of carbonyl (C=O) groups is 1. The van der Waals surface area contributed by atoms with Crippen LogP contribution in [-0.4, -0.2) is 15.7 Å². The standard InChI is InChI=1S/C14H15ClN2O2/c1-4-10-8-16-17(3)14(10)11-6-5-7-12(13(11)15)19-9(2)18/h5-8H,4H2,1-3H3. The predicted molar refractivity (Wildman–Crippen MR) is 74.3 cm³/mol. The van der Waals surface area contributed by atoms with Crippen molar-refractivity contribution in [2.75, 3.05) is 0 Å². The number of hydrogen-bond acceptors (Lipinski definition) is 3. The van der Waals surface area contributed by atoms with Crippen LogP contribution < -0.4 is 4.74 Å². The fourth-order valence-electron chi connectivity index (χ4n) is 2.02. The van der Waals surface area contributed by atoms with Gasteiger partial charge in [-0.15, -0.1) is 0 Å². The molecule has 0 radical (unpaired) electrons. The van der Waals surface area contributed by atoms with Gasteiger partial charge in [0, 0.05) is 19.5 Å². The minimum absolute atomic E-state index is 0.370. The van der Waals surface area contributed by atoms with Gasteiger partial charge in [0.2, 0.25) is 0 Å². The van der Waals surface area contributed by atoms with Gasteiger partial charge in [-0.05, 0) is 18.1 Å². The highest BCUT2D eigenvalue weighted by Gasteiger charge is 2.16. The van der Waals surface area contributed by atoms with Crippen LogP contribution in [0.1, 0.15) is 19.4 Å². The van der Waals surface area contributed by atoms with Crippen LogP contribution in [0.3, 0.4) is 0 Å². The number of aromatic nitrogens is 2. The first-order valence-electron chi connectivity index (χ1n) is 6.02. The van der Waals surface area contributed by atoms with Crippen LogP contribution >= 0.6 is 11.6 Å². The Balaban J connectivity index is 2.56. The molecule has 0 bridgehead atoms. The smallest absolute Gasteiger partial charge is 0.308 e. The maximum Gasteiger partial charge on any atom is 0.308 e. The minimum atomic E-state index is -0.389. The molecule has 0 fully saturated rings. The average molecular weight is 279 g/mol. The van der Waals surface area contributed by atoms with Gasteiger partial charge in [0.25, 0.3) is 0 Å². The van der Waals surface area contributed by atoms with Gasteiger partial charge in [-0.25, -0.2) is 0 Å². The summed E-state index contributed by atoms with van der Waals surface area (Å²) in [6.45, 7) is 3.41. The Bertz CT molecular complexity index is 620. The Hall–Kier alpha value is -1.81. The molecule has 100 valence electrons. The van der Waals surface area contributed by atoms with Crippen molar-refractivity contribution in [2.24, 2.45) is 7.05 Å². The Morgan fingerprint density at radius 3 is 2.84 bits per heavy atom. The quantitative estimate of drug-likeness (QED) is 0.639. The highest BCUT2D eigenvalue weighted by molar-refractivity contribution is 6.34. The second-order valence-corrected chi connectivity index (χ2v) is 4.58. The third-order valence-electron chi connectivity index (χ3n) is 2.87. The number of hydrogen-bond donors (Lipinski definition) is 0. The predicted octanol–water partition coefficient (Wildman–Crippen LogP) is 3.23. The van der Waals surface area contributed by atoms with E-state index in [2.05, 4.69) is 12.0 Å². The van der Waals surface area contributed by atoms with Crippen molar-refractivity contribution in [1.29, 1.82) is 0 Å². The molecule has 0 aliphatic heterocycles. The zero-order valence-corrected chi connectivity index (χ0v) is 11.9. The Kier molecular flexibility index (Phi) is 3.90. The molecule has 0 spiro atoms. The minimum Gasteiger partial charge on any atom is -0.425 e. The fraction of sp³-hybridized carbons (Fsp3) is 0.286. The molecule has 5 heteroatoms. The van der Waals surface area contributed by atoms with Crippen molar-refractivity contribution in [3.05, 3.63) is 35.0 Å². The van der Waals surface area contributed by atoms with E-state index in [1.165, 1.54) is 6.92 Å². The van der Waals surface area contributed by atoms with Crippen molar-refractivity contribution < 1.29 is 9.53 Å². The molecule has 0 saturated heterocycles. The summed E-state index contributed by atoms with van der Waals surface area (Å²) in [4.78, 5) is 11.1. The van der Waals surface area contributed by atoms with Crippen LogP contribution in [0.5, 0.6) is 5.75 Å². The Labute approximate surface area is 116 Å². The van der Waals surface area contributed by atoms with Crippen LogP contribution in [0.4, 0.5) is 0 Å². The molecule has 1 heterocycles. The van der Waals surface area contributed by atoms with Crippen molar-refractivity contribution in [3.63, 3.8) is 0 Å². The highest BCUT2D eigenvalue weighted by Crippen LogP contribution is 2.36. The van der Waals surface area contributed by atoms with Crippen molar-refractivity contribution in [2.45, 2.75) is 20.3 Å². The van der Waals surface area contributed by atoms with Gasteiger partial charge in [-0.2, -0.15) is 5.10 Å². The molecule has 0 aliphatic rings. The molecule has 0 atom stereocenters. The molecular weight excluding hydrogens is 264 g/mol. The van der Waals surface area contributed by atoms with E-state index in [-0.39, 0.29) is 5.97 Å². The number of aryl methyl sites for hydroxylation is 2. The van der Waals surface area contributed by atoms with E-state index in [1.807, 2.05) is 25.4 Å². The fourth-order valence-corrected chi connectivity index (χ4v) is 2.27. The van der Waals surface area contributed by atoms with Crippen molar-refractivity contribution >= 4 is 17.6 Å². The molecule has 1 aromatic heterocycles. The van der Waals surface area contributed by atoms with Gasteiger partial charge in [-0.3, -0.25) is 9.48 Å². The molecule has 0 saturated carbocycles. The Morgan fingerprint density at radius 1 is 1.47 bits per heavy atom. The first-order valence-corrected chi connectivity index (χ1v) is 6.40. The van der Waals surface area contributed by atoms with E-state index in [1.54, 1.807) is 10.7 Å². The highest BCUT2D eigenvalue weighted by atomic mass is 35.5. The number of halogens is 1. The lowest BCUT2D eigenvalue weighted by molar-refractivity contribution is -0.131. The molecule has 1 aromatic carbocycles. The van der Waals surface area contributed by atoms with E-state index in [4.69, 9.17) is 16.3 Å². The van der Waals surface area contributed by atoms with E-state index in [9.17, 15) is 4.79 Å². The summed E-state index contributed by atoms with van der Waals surface area (Å²) < 4.78 is 6.87. The average Bonchev–Trinajstić information content (AvgIpc) is 2.73. The molecular formula is C14H15ClN2O2. The van der Waals surface area contributed by atoms with Crippen LogP contribution in [0.2, 0.25) is 5.02 Å². The molecule has 0 unspecified atom stereocenters. The van der Waals surface area contributed by atoms with Gasteiger partial charge in [-0.1, -0.05) is 30.7 Å². The van der Waals surface area contributed by atoms with E-state index in [0.717, 1.165) is 23.2 Å². The first kappa shape index (κ1) is 13.6. The summed E-state index contributed by atoms with van der Waals surface area (Å²) in [5, 5.41) is 4.67. The van der Waals surface area contributed by atoms with Gasteiger partial charge in [0.05, 0.1) is 16.9 Å². The Morgan fingerprint density at radius 2 is 2.21 bits per heavy atom. The molecule has 4 nitrogen and oxygen atoms in total. The zero-order chi connectivity index (χ0) is 14.0. The molecule has 2 aromatic rings. The second kappa shape index (κ2) is 5.45. The topological polar surface area (TPSA) is 44.1 Å². The number of ether oxygens (including phenoxy) is 1. The number of nitrogens with zero attached hydrogens (tertiary/aromatic N) is 2. The molecule has 19 heavy (non-hydrogen) atoms. The molecule has 0 N–H and O–H groups in total. The van der Waals surface area contributed by atoms with Crippen molar-refractivity contribution in [1.82, 2.24) is 9.78 Å². The number of carbonyl (C=O) groups excluding carboxylic acids is 1. The first-order chi connectivity index (χ1) is 9.04. The molecule has 0 amide bonds. The van der Waals surface area contributed by atoms with Gasteiger partial charge in [0.15, 0.2) is 0 Å². The third-order valence-corrected chi connectivity index (χ3v) is 3.26. The maximum atomic E-state index is 11.1. The largest absolute Gasteiger partial charge is 0.425 e. The van der Waals surface area contributed by atoms with Gasteiger partial charge >= 0.3 is 5.97 Å². The summed E-state index contributed by atoms with van der Waals surface area (Å²) in [7, 11) is 1.86. The zero-order valence-electron chi connectivity index (χ0n) is 11.1. The monoisotopic (exact) mass is 278 g/mol. The van der Waals surface area contributed by atoms with Crippen LogP contribution in [0, 0.1) is 0 Å². The number of benzene rings is 1. The normalized spacial score (nSPS) is 10.5. The van der Waals surface area contributed by atoms with Crippen LogP contribution in [0.15, 0.2) is 24.4 Å². The summed E-state index contributed by atoms with van der Waals surface area (Å²) in [5.41, 5.74) is 2.86. The van der Waals surface area contributed by atoms with E-state index >= 15 is 0 Å². The lowest BCUT2D eigenvalue weighted by Crippen LogP contribution is -2.03. The van der Waals surface area contributed by atoms with Crippen LogP contribution in [0.25, 0.3) is 11.3 Å². The van der Waals surface area contributed by atoms with Gasteiger partial charge in [0.1, 0.15) is 5.75 Å². The number of esters is 1. The van der Waals surface area contributed by atoms with E-state index in [0.29, 0.717) is 10.8 Å². The summed E-state index contributed by atoms with van der Waals surface area (Å²) in [6.07, 6.45) is 2.68. The summed E-state index contributed by atoms with van der Waals surface area (Å²) in [5.74, 6) is -0.0188. The van der Waals surface area contributed by atoms with Crippen LogP contribution in [-0.2, 0) is 18.3 Å². The maximum absolute atomic E-state index is 11.1. The van der Waals surface area contributed by atoms with Gasteiger partial charge < -0.3 is 4.74 Å². The third kappa shape index (κ3) is 2.63. The van der Waals surface area contributed by atoms with E-state index < -0.39 is 0 Å². The summed E-state index contributed by atoms with van der Waals surface area (Å²) >= 11 is 6.33. The lowest BCUT2D eigenvalue weighted by Gasteiger charge is -2.11.